The number of carbonyl (C=O) groups is 2. The maximum atomic E-state index is 11.7. The molecule has 2 amide bonds. The lowest BCUT2D eigenvalue weighted by atomic mass is 9.96. The van der Waals surface area contributed by atoms with E-state index >= 15 is 0 Å². The Morgan fingerprint density at radius 2 is 2.18 bits per heavy atom. The van der Waals surface area contributed by atoms with Crippen molar-refractivity contribution in [3.63, 3.8) is 0 Å². The Kier molecular flexibility index (Phi) is 2.47. The summed E-state index contributed by atoms with van der Waals surface area (Å²) in [6, 6.07) is 6.38. The smallest absolute Gasteiger partial charge is 0.286 e. The molecular weight excluding hydrogens is 234 g/mol. The lowest BCUT2D eigenvalue weighted by Gasteiger charge is -2.15. The van der Waals surface area contributed by atoms with Crippen LogP contribution in [0.4, 0.5) is 4.79 Å². The van der Waals surface area contributed by atoms with Crippen LogP contribution in [0, 0.1) is 6.92 Å². The Morgan fingerprint density at radius 3 is 2.88 bits per heavy atom. The Balaban J connectivity index is 1.93. The van der Waals surface area contributed by atoms with Crippen LogP contribution in [0.3, 0.4) is 0 Å². The molecule has 3 nitrogen and oxygen atoms in total. The van der Waals surface area contributed by atoms with Crippen LogP contribution in [0.25, 0.3) is 0 Å². The van der Waals surface area contributed by atoms with E-state index in [9.17, 15) is 9.59 Å². The number of hydrogen-bond acceptors (Lipinski definition) is 3. The molecule has 88 valence electrons. The van der Waals surface area contributed by atoms with E-state index < -0.39 is 0 Å². The van der Waals surface area contributed by atoms with Crippen LogP contribution in [-0.2, 0) is 11.2 Å². The number of rotatable bonds is 1. The number of fused-ring (bicyclic) bond motifs is 1. The van der Waals surface area contributed by atoms with Crippen molar-refractivity contribution >= 4 is 22.9 Å². The van der Waals surface area contributed by atoms with Crippen molar-refractivity contribution in [1.29, 1.82) is 0 Å². The monoisotopic (exact) mass is 247 g/mol. The molecule has 1 aliphatic heterocycles. The zero-order valence-electron chi connectivity index (χ0n) is 9.53. The van der Waals surface area contributed by atoms with E-state index in [2.05, 4.69) is 30.4 Å². The van der Waals surface area contributed by atoms with Gasteiger partial charge in [0.2, 0.25) is 5.91 Å². The van der Waals surface area contributed by atoms with Crippen molar-refractivity contribution in [2.24, 2.45) is 0 Å². The van der Waals surface area contributed by atoms with E-state index in [0.717, 1.165) is 24.6 Å². The van der Waals surface area contributed by atoms with Gasteiger partial charge in [-0.25, -0.2) is 0 Å². The van der Waals surface area contributed by atoms with Gasteiger partial charge in [0.05, 0.1) is 0 Å². The Hall–Kier alpha value is -1.29. The van der Waals surface area contributed by atoms with E-state index in [1.807, 2.05) is 0 Å². The van der Waals surface area contributed by atoms with Gasteiger partial charge in [-0.1, -0.05) is 35.5 Å². The third kappa shape index (κ3) is 1.76. The number of benzene rings is 1. The Labute approximate surface area is 104 Å². The highest BCUT2D eigenvalue weighted by molar-refractivity contribution is 8.15. The minimum absolute atomic E-state index is 0.126. The molecule has 1 N–H and O–H groups in total. The van der Waals surface area contributed by atoms with Gasteiger partial charge in [0, 0.05) is 5.92 Å². The number of carbonyl (C=O) groups excluding carboxylic acids is 2. The maximum Gasteiger partial charge on any atom is 0.286 e. The normalized spacial score (nSPS) is 27.1. The van der Waals surface area contributed by atoms with Gasteiger partial charge in [0.15, 0.2) is 0 Å². The third-order valence-electron chi connectivity index (χ3n) is 3.51. The van der Waals surface area contributed by atoms with Crippen LogP contribution in [0.5, 0.6) is 0 Å². The first-order valence-electron chi connectivity index (χ1n) is 5.76. The summed E-state index contributed by atoms with van der Waals surface area (Å²) in [7, 11) is 0. The van der Waals surface area contributed by atoms with Crippen molar-refractivity contribution in [1.82, 2.24) is 5.32 Å². The number of hydrogen-bond donors (Lipinski definition) is 1. The van der Waals surface area contributed by atoms with Gasteiger partial charge in [-0.3, -0.25) is 14.9 Å². The van der Waals surface area contributed by atoms with E-state index in [4.69, 9.17) is 0 Å². The van der Waals surface area contributed by atoms with Gasteiger partial charge in [0.25, 0.3) is 5.24 Å². The molecule has 1 aromatic carbocycles. The first kappa shape index (κ1) is 10.8. The second-order valence-electron chi connectivity index (χ2n) is 4.66. The highest BCUT2D eigenvalue weighted by Crippen LogP contribution is 2.42. The van der Waals surface area contributed by atoms with Crippen LogP contribution in [0.1, 0.15) is 29.0 Å². The third-order valence-corrected chi connectivity index (χ3v) is 4.62. The first-order valence-corrected chi connectivity index (χ1v) is 6.64. The molecule has 3 rings (SSSR count). The van der Waals surface area contributed by atoms with Crippen molar-refractivity contribution in [3.05, 3.63) is 34.9 Å². The number of imide groups is 1. The van der Waals surface area contributed by atoms with Crippen LogP contribution in [-0.4, -0.2) is 16.4 Å². The summed E-state index contributed by atoms with van der Waals surface area (Å²) >= 11 is 1.14. The summed E-state index contributed by atoms with van der Waals surface area (Å²) < 4.78 is 0. The molecule has 1 heterocycles. The molecular formula is C13H13NO2S. The summed E-state index contributed by atoms with van der Waals surface area (Å²) in [5.74, 6) is 0.0699. The molecule has 1 aliphatic carbocycles. The van der Waals surface area contributed by atoms with Gasteiger partial charge in [-0.05, 0) is 30.9 Å². The summed E-state index contributed by atoms with van der Waals surface area (Å²) in [4.78, 5) is 22.9. The molecule has 1 saturated heterocycles. The maximum absolute atomic E-state index is 11.7. The molecule has 17 heavy (non-hydrogen) atoms. The minimum atomic E-state index is -0.230. The zero-order valence-corrected chi connectivity index (χ0v) is 10.3. The molecule has 0 radical (unpaired) electrons. The lowest BCUT2D eigenvalue weighted by molar-refractivity contribution is -0.119. The average molecular weight is 247 g/mol. The van der Waals surface area contributed by atoms with Gasteiger partial charge < -0.3 is 0 Å². The molecule has 1 unspecified atom stereocenters. The summed E-state index contributed by atoms with van der Waals surface area (Å²) in [6.07, 6.45) is 1.98. The molecule has 1 fully saturated rings. The lowest BCUT2D eigenvalue weighted by Crippen LogP contribution is -2.27. The molecule has 4 heteroatoms. The molecule has 0 bridgehead atoms. The number of aryl methyl sites for hydroxylation is 2. The molecule has 0 saturated carbocycles. The van der Waals surface area contributed by atoms with Gasteiger partial charge in [-0.15, -0.1) is 0 Å². The fourth-order valence-corrected chi connectivity index (χ4v) is 3.73. The van der Waals surface area contributed by atoms with Gasteiger partial charge >= 0.3 is 0 Å². The van der Waals surface area contributed by atoms with Crippen molar-refractivity contribution < 1.29 is 9.59 Å². The quantitative estimate of drug-likeness (QED) is 0.828. The number of nitrogens with one attached hydrogen (secondary N) is 1. The van der Waals surface area contributed by atoms with E-state index in [1.165, 1.54) is 16.7 Å². The summed E-state index contributed by atoms with van der Waals surface area (Å²) in [5.41, 5.74) is 3.84. The van der Waals surface area contributed by atoms with E-state index in [1.54, 1.807) is 0 Å². The van der Waals surface area contributed by atoms with Gasteiger partial charge in [0.1, 0.15) is 5.25 Å². The molecule has 0 spiro atoms. The average Bonchev–Trinajstić information content (AvgIpc) is 2.81. The van der Waals surface area contributed by atoms with Crippen LogP contribution < -0.4 is 5.32 Å². The van der Waals surface area contributed by atoms with E-state index in [0.29, 0.717) is 0 Å². The fourth-order valence-electron chi connectivity index (χ4n) is 2.73. The Morgan fingerprint density at radius 1 is 1.35 bits per heavy atom. The second-order valence-corrected chi connectivity index (χ2v) is 5.78. The zero-order chi connectivity index (χ0) is 12.0. The molecule has 0 aromatic heterocycles. The van der Waals surface area contributed by atoms with Crippen molar-refractivity contribution in [3.8, 4) is 0 Å². The second kappa shape index (κ2) is 3.88. The van der Waals surface area contributed by atoms with Crippen LogP contribution in [0.2, 0.25) is 0 Å². The van der Waals surface area contributed by atoms with Crippen molar-refractivity contribution in [2.75, 3.05) is 0 Å². The standard InChI is InChI=1S/C13H13NO2S/c1-7-2-4-9-8(6-7)3-5-10(9)11-12(15)14-13(16)17-11/h2,4,6,10-11H,3,5H2,1H3,(H,14,15,16)/t10?,11-/m1/s1. The summed E-state index contributed by atoms with van der Waals surface area (Å²) in [6.45, 7) is 2.08. The number of thioether (sulfide) groups is 1. The SMILES string of the molecule is Cc1ccc2c(c1)CCC2[C@H]1SC(=O)NC1=O. The van der Waals surface area contributed by atoms with Crippen LogP contribution >= 0.6 is 11.8 Å². The largest absolute Gasteiger partial charge is 0.286 e. The predicted molar refractivity (Wildman–Crippen MR) is 67.2 cm³/mol. The van der Waals surface area contributed by atoms with Crippen LogP contribution in [0.15, 0.2) is 18.2 Å². The van der Waals surface area contributed by atoms with E-state index in [-0.39, 0.29) is 22.3 Å². The molecule has 1 aromatic rings. The Bertz CT molecular complexity index is 512. The highest BCUT2D eigenvalue weighted by Gasteiger charge is 2.41. The first-order chi connectivity index (χ1) is 8.15. The predicted octanol–water partition coefficient (Wildman–Crippen LogP) is 2.38. The topological polar surface area (TPSA) is 46.2 Å². The minimum Gasteiger partial charge on any atom is -0.286 e. The molecule has 2 atom stereocenters. The molecule has 2 aliphatic rings. The highest BCUT2D eigenvalue weighted by atomic mass is 32.2. The fraction of sp³-hybridized carbons (Fsp3) is 0.385. The van der Waals surface area contributed by atoms with Crippen molar-refractivity contribution in [2.45, 2.75) is 30.9 Å². The summed E-state index contributed by atoms with van der Waals surface area (Å²) in [5, 5.41) is 1.93. The number of amides is 2. The van der Waals surface area contributed by atoms with Gasteiger partial charge in [-0.2, -0.15) is 0 Å².